The summed E-state index contributed by atoms with van der Waals surface area (Å²) in [5.41, 5.74) is 13.2. The molecule has 0 bridgehead atoms. The van der Waals surface area contributed by atoms with Crippen LogP contribution in [0.4, 0.5) is 0 Å². The molecule has 0 aliphatic heterocycles. The number of nitrogens with zero attached hydrogens (tertiary/aromatic N) is 3. The van der Waals surface area contributed by atoms with E-state index >= 15 is 0 Å². The molecule has 0 aliphatic carbocycles. The number of aromatic amines is 1. The van der Waals surface area contributed by atoms with E-state index in [0.717, 1.165) is 34.9 Å². The van der Waals surface area contributed by atoms with Gasteiger partial charge in [-0.2, -0.15) is 10.2 Å². The Bertz CT molecular complexity index is 2160. The van der Waals surface area contributed by atoms with Crippen molar-refractivity contribution < 1.29 is 38.9 Å². The number of H-pyrrole nitrogens is 1. The molecule has 2 heterocycles. The number of hydrogen-bond acceptors (Lipinski definition) is 14. The summed E-state index contributed by atoms with van der Waals surface area (Å²) in [4.78, 5) is 54.1. The van der Waals surface area contributed by atoms with Crippen molar-refractivity contribution in [3.05, 3.63) is 107 Å². The van der Waals surface area contributed by atoms with Crippen molar-refractivity contribution in [1.29, 1.82) is 11.1 Å². The summed E-state index contributed by atoms with van der Waals surface area (Å²) < 4.78 is 10.7. The van der Waals surface area contributed by atoms with Crippen molar-refractivity contribution in [2.45, 2.75) is 13.8 Å². The number of rotatable bonds is 17. The van der Waals surface area contributed by atoms with Crippen LogP contribution >= 0.6 is 69.6 Å². The molecule has 7 N–H and O–H groups in total. The largest absolute Gasteiger partial charge is 0.507 e. The first-order valence-electron chi connectivity index (χ1n) is 15.8. The van der Waals surface area contributed by atoms with Gasteiger partial charge in [0.1, 0.15) is 57.0 Å². The maximum atomic E-state index is 14.1. The molecule has 4 rings (SSSR count). The highest BCUT2D eigenvalue weighted by Gasteiger charge is 2.32. The lowest BCUT2D eigenvalue weighted by molar-refractivity contribution is -0.142. The van der Waals surface area contributed by atoms with Crippen molar-refractivity contribution in [3.8, 4) is 17.2 Å². The summed E-state index contributed by atoms with van der Waals surface area (Å²) in [5, 5.41) is 32.7. The molecular weight excluding hydrogens is 861 g/mol. The van der Waals surface area contributed by atoms with Crippen LogP contribution < -0.4 is 10.6 Å². The topological polar surface area (TPSA) is 244 Å². The van der Waals surface area contributed by atoms with Gasteiger partial charge in [0.15, 0.2) is 0 Å². The average molecular weight is 889 g/mol. The quantitative estimate of drug-likeness (QED) is 0.0302. The third-order valence-electron chi connectivity index (χ3n) is 7.49. The average Bonchev–Trinajstić information content (AvgIpc) is 3.62. The molecule has 0 spiro atoms. The van der Waals surface area contributed by atoms with E-state index in [-0.39, 0.29) is 107 Å². The molecule has 0 saturated heterocycles. The molecule has 0 saturated carbocycles. The number of aromatic nitrogens is 2. The minimum Gasteiger partial charge on any atom is -0.507 e. The van der Waals surface area contributed by atoms with Crippen LogP contribution in [0, 0.1) is 11.1 Å². The van der Waals surface area contributed by atoms with E-state index in [0.29, 0.717) is 0 Å². The van der Waals surface area contributed by atoms with E-state index in [1.165, 1.54) is 12.4 Å². The number of esters is 2. The number of halogens is 6. The first-order chi connectivity index (χ1) is 26.6. The van der Waals surface area contributed by atoms with E-state index in [4.69, 9.17) is 90.1 Å². The Morgan fingerprint density at radius 1 is 0.732 bits per heavy atom. The van der Waals surface area contributed by atoms with E-state index in [9.17, 15) is 29.4 Å². The zero-order valence-electron chi connectivity index (χ0n) is 28.8. The number of benzene rings is 2. The van der Waals surface area contributed by atoms with Gasteiger partial charge in [0.05, 0.1) is 50.8 Å². The second kappa shape index (κ2) is 19.2. The Labute approximate surface area is 347 Å². The lowest BCUT2D eigenvalue weighted by Crippen LogP contribution is -2.20. The summed E-state index contributed by atoms with van der Waals surface area (Å²) >= 11 is 38.8. The maximum absolute atomic E-state index is 14.1. The minimum absolute atomic E-state index is 0.0133. The van der Waals surface area contributed by atoms with Crippen LogP contribution in [0.3, 0.4) is 0 Å². The lowest BCUT2D eigenvalue weighted by Gasteiger charge is -2.14. The number of hydrogen-bond donors (Lipinski definition) is 7. The second-order valence-corrected chi connectivity index (χ2v) is 13.3. The van der Waals surface area contributed by atoms with Gasteiger partial charge in [-0.1, -0.05) is 69.6 Å². The highest BCUT2D eigenvalue weighted by molar-refractivity contribution is 6.45. The SMILES string of the molecule is CCOC(=O)CN/C=C(\N=N)c1cc(O)c(C(=O)c2[nH]c(Cl)c(Cl)c2-n2c(C(=O)c3cc(Cl)c(/C(=C/NCC(=O)OCC)N=N)cc3O)cc(Cl)c2Cl)cc1Cl. The van der Waals surface area contributed by atoms with Gasteiger partial charge >= 0.3 is 11.9 Å². The van der Waals surface area contributed by atoms with Gasteiger partial charge < -0.3 is 35.3 Å². The van der Waals surface area contributed by atoms with Gasteiger partial charge in [-0.3, -0.25) is 23.7 Å². The van der Waals surface area contributed by atoms with Crippen LogP contribution in [0.5, 0.6) is 11.5 Å². The predicted octanol–water partition coefficient (Wildman–Crippen LogP) is 8.56. The van der Waals surface area contributed by atoms with Crippen molar-refractivity contribution in [2.24, 2.45) is 10.2 Å². The Balaban J connectivity index is 1.76. The van der Waals surface area contributed by atoms with E-state index in [1.54, 1.807) is 13.8 Å². The van der Waals surface area contributed by atoms with Gasteiger partial charge in [0, 0.05) is 23.5 Å². The van der Waals surface area contributed by atoms with Crippen LogP contribution in [0.15, 0.2) is 53.0 Å². The Kier molecular flexibility index (Phi) is 14.9. The summed E-state index contributed by atoms with van der Waals surface area (Å²) in [6.45, 7) is 3.08. The number of nitrogens with one attached hydrogen (secondary N) is 5. The molecular formula is C34H28Cl6N8O8. The molecule has 0 fully saturated rings. The molecule has 2 aromatic heterocycles. The Hall–Kier alpha value is -5.10. The smallest absolute Gasteiger partial charge is 0.325 e. The maximum Gasteiger partial charge on any atom is 0.325 e. The molecule has 56 heavy (non-hydrogen) atoms. The van der Waals surface area contributed by atoms with E-state index in [2.05, 4.69) is 25.8 Å². The van der Waals surface area contributed by atoms with Crippen molar-refractivity contribution in [3.63, 3.8) is 0 Å². The number of aromatic hydroxyl groups is 2. The molecule has 2 aromatic carbocycles. The molecule has 294 valence electrons. The molecule has 0 atom stereocenters. The minimum atomic E-state index is -0.946. The van der Waals surface area contributed by atoms with Crippen LogP contribution in [0.2, 0.25) is 30.4 Å². The van der Waals surface area contributed by atoms with E-state index in [1.807, 2.05) is 0 Å². The van der Waals surface area contributed by atoms with Gasteiger partial charge in [0.25, 0.3) is 0 Å². The molecule has 0 aliphatic rings. The number of carbonyl (C=O) groups is 4. The fourth-order valence-electron chi connectivity index (χ4n) is 5.03. The standard InChI is InChI=1S/C34H28Cl6N8O8/c1-3-55-26(51)12-43-10-21(46-41)14-7-24(49)16(5-18(14)35)31(53)23-9-20(37)34(40)48(23)30-28(38)33(39)45-29(30)32(54)17-6-19(36)15(8-25(17)50)22(47-42)11-44-13-27(52)56-4-2/h5-11,41-45,49-50H,3-4,12-13H2,1-2H3/b21-10-,22-11-,46-41?,47-42?. The number of carbonyl (C=O) groups excluding carboxylic acids is 4. The first kappa shape index (κ1) is 43.6. The van der Waals surface area contributed by atoms with Crippen LogP contribution in [-0.2, 0) is 19.1 Å². The second-order valence-electron chi connectivity index (χ2n) is 11.0. The summed E-state index contributed by atoms with van der Waals surface area (Å²) in [5.74, 6) is -4.26. The van der Waals surface area contributed by atoms with Gasteiger partial charge in [0.2, 0.25) is 11.6 Å². The number of phenolic OH excluding ortho intramolecular Hbond substituents is 2. The zero-order valence-corrected chi connectivity index (χ0v) is 33.4. The van der Waals surface area contributed by atoms with E-state index < -0.39 is 35.0 Å². The first-order valence-corrected chi connectivity index (χ1v) is 18.1. The van der Waals surface area contributed by atoms with Crippen LogP contribution in [0.1, 0.15) is 57.1 Å². The van der Waals surface area contributed by atoms with Crippen molar-refractivity contribution in [2.75, 3.05) is 26.3 Å². The highest BCUT2D eigenvalue weighted by Crippen LogP contribution is 2.42. The third kappa shape index (κ3) is 9.46. The molecule has 22 heteroatoms. The Morgan fingerprint density at radius 3 is 1.64 bits per heavy atom. The normalized spacial score (nSPS) is 11.6. The molecule has 0 radical (unpaired) electrons. The Morgan fingerprint density at radius 2 is 1.20 bits per heavy atom. The third-order valence-corrected chi connectivity index (χ3v) is 9.62. The number of phenols is 2. The van der Waals surface area contributed by atoms with Gasteiger partial charge in [-0.25, -0.2) is 11.1 Å². The van der Waals surface area contributed by atoms with Crippen molar-refractivity contribution in [1.82, 2.24) is 20.2 Å². The summed E-state index contributed by atoms with van der Waals surface area (Å²) in [7, 11) is 0. The summed E-state index contributed by atoms with van der Waals surface area (Å²) in [6.07, 6.45) is 2.38. The lowest BCUT2D eigenvalue weighted by atomic mass is 10.0. The molecule has 0 amide bonds. The molecule has 0 unspecified atom stereocenters. The molecule has 16 nitrogen and oxygen atoms in total. The zero-order chi connectivity index (χ0) is 41.4. The van der Waals surface area contributed by atoms with Crippen LogP contribution in [0.25, 0.3) is 17.1 Å². The molecule has 4 aromatic rings. The summed E-state index contributed by atoms with van der Waals surface area (Å²) in [6, 6.07) is 5.45. The highest BCUT2D eigenvalue weighted by atomic mass is 35.5. The number of ether oxygens (including phenoxy) is 2. The monoisotopic (exact) mass is 886 g/mol. The van der Waals surface area contributed by atoms with Gasteiger partial charge in [-0.05, 0) is 44.2 Å². The van der Waals surface area contributed by atoms with Crippen LogP contribution in [-0.4, -0.2) is 69.6 Å². The number of ketones is 2. The van der Waals surface area contributed by atoms with Gasteiger partial charge in [-0.15, -0.1) is 0 Å². The van der Waals surface area contributed by atoms with Crippen molar-refractivity contribution >= 4 is 105 Å². The fraction of sp³-hybridized carbons (Fsp3) is 0.176. The fourth-order valence-corrected chi connectivity index (χ4v) is 6.38. The predicted molar refractivity (Wildman–Crippen MR) is 209 cm³/mol.